The molecule has 0 rings (SSSR count). The second kappa shape index (κ2) is 61.1. The van der Waals surface area contributed by atoms with E-state index >= 15 is 0 Å². The molecule has 0 aromatic heterocycles. The fraction of sp³-hybridized carbons (Fsp3) is 1.00. The van der Waals surface area contributed by atoms with E-state index in [9.17, 15) is 132 Å². The van der Waals surface area contributed by atoms with Gasteiger partial charge in [-0.1, -0.05) is 265 Å². The van der Waals surface area contributed by atoms with Gasteiger partial charge in [0.2, 0.25) is 0 Å². The topological polar surface area (TPSA) is 0 Å². The smallest absolute Gasteiger partial charge is 0.171 e. The Hall–Kier alpha value is -2.10. The summed E-state index contributed by atoms with van der Waals surface area (Å²) in [6.07, 6.45) is -38.5. The van der Waals surface area contributed by atoms with Crippen LogP contribution in [0.1, 0.15) is 319 Å². The van der Waals surface area contributed by atoms with Crippen LogP contribution >= 0.6 is 0 Å². The zero-order chi connectivity index (χ0) is 84.9. The largest absolute Gasteiger partial charge is 0.402 e. The Morgan fingerprint density at radius 2 is 0.545 bits per heavy atom. The normalized spacial score (nSPS) is 13.3. The van der Waals surface area contributed by atoms with E-state index in [0.29, 0.717) is 11.8 Å². The third-order valence-corrected chi connectivity index (χ3v) is 12.7. The minimum atomic E-state index is -5.24. The average Bonchev–Trinajstić information content (AvgIpc) is 0.795. The summed E-state index contributed by atoms with van der Waals surface area (Å²) in [6.45, 7) is 53.8. The molecule has 0 N–H and O–H groups in total. The number of hydrogen-bond acceptors (Lipinski definition) is 0. The number of hydrogen-bond donors (Lipinski definition) is 0. The van der Waals surface area contributed by atoms with Crippen molar-refractivity contribution in [2.75, 3.05) is 0 Å². The van der Waals surface area contributed by atoms with Crippen LogP contribution in [0.4, 0.5) is 132 Å². The van der Waals surface area contributed by atoms with Crippen molar-refractivity contribution in [3.05, 3.63) is 0 Å². The lowest BCUT2D eigenvalue weighted by Crippen LogP contribution is -2.44. The predicted molar refractivity (Wildman–Crippen MR) is 349 cm³/mol. The van der Waals surface area contributed by atoms with Gasteiger partial charge < -0.3 is 0 Å². The molecule has 0 saturated heterocycles. The lowest BCUT2D eigenvalue weighted by molar-refractivity contribution is -0.327. The summed E-state index contributed by atoms with van der Waals surface area (Å²) >= 11 is 0. The molecule has 0 aromatic carbocycles. The van der Waals surface area contributed by atoms with Gasteiger partial charge >= 0.3 is 61.8 Å². The average molecular weight is 1530 g/mol. The van der Waals surface area contributed by atoms with Crippen LogP contribution in [0.3, 0.4) is 0 Å². The van der Waals surface area contributed by atoms with Gasteiger partial charge in [-0.2, -0.15) is 132 Å². The number of halogens is 30. The van der Waals surface area contributed by atoms with Crippen LogP contribution in [-0.4, -0.2) is 61.8 Å². The van der Waals surface area contributed by atoms with E-state index in [-0.39, 0.29) is 39.0 Å². The SMILES string of the molecule is CC(C)(C(F)(F)F)C(F)(F)F.CC(C)(C)C(F)(F)F.CC(C)C(C)C.CC(C)C(F)(F)F.CCC(C)(C)C.CCC(C)C.CCC(C)C(F)(F)F.CCCC(C(F)(F)F)C(F)(F)F.CCCC(C)C.CCCCC.CCCCCC(F)(F)F.C[C@@H](CCC(F)(F)F)C(F)(F)F.[2H]C(C)(C)C. The third kappa shape index (κ3) is 115. The molecule has 0 spiro atoms. The van der Waals surface area contributed by atoms with E-state index in [2.05, 4.69) is 111 Å². The molecule has 0 aliphatic carbocycles. The summed E-state index contributed by atoms with van der Waals surface area (Å²) in [4.78, 5) is 0. The second-order valence-electron chi connectivity index (χ2n) is 28.2. The highest BCUT2D eigenvalue weighted by atomic mass is 19.5. The molecule has 1 unspecified atom stereocenters. The van der Waals surface area contributed by atoms with Crippen molar-refractivity contribution >= 4 is 0 Å². The molecule has 30 heteroatoms. The Kier molecular flexibility index (Phi) is 76.3. The summed E-state index contributed by atoms with van der Waals surface area (Å²) in [6, 6.07) is 0. The van der Waals surface area contributed by atoms with Gasteiger partial charge in [-0.3, -0.25) is 0 Å². The Labute approximate surface area is 580 Å². The quantitative estimate of drug-likeness (QED) is 0.120. The van der Waals surface area contributed by atoms with Gasteiger partial charge in [0.05, 0.1) is 17.3 Å². The maximum Gasteiger partial charge on any atom is 0.402 e. The molecule has 0 bridgehead atoms. The standard InChI is InChI=1S/2C6H8F6.C6H11F3.3C6H14.C5H6F6.2C5H9F3.2C5H12.C4H7F3.C4H10/c1-4(6(10,11)12)2-3-5(7,8)9;1-2-3-4(5(7,8)9)6(10,11)12;1-2-3-4-5-6(7,8)9;1-5-6(2,3)4;1-5(2)6(3)4;1-4-5-6(2)3;1-3(2,4(6,7)8)5(9,10)11;1-4(2,3)5(6,7)8;1-3-4(2)5(6,7)8;1-4-5(2)3;1-3-5-4-2;1-3(2)4(5,6)7;1-4(2)3/h2*4H,2-3H2,1H3;2-5H2,1H3;5H2,1-4H3;5-6H,1-4H3;6H,4-5H2,1-3H3;1-2H3;1-3H3;4H,3H2,1-2H3;5H,4H2,1-3H3;3-5H2,1-2H3;3H,1-2H3;4H,1-3H3/t4-;;;;;;;;;;;;/m0............/s1/i;;;;;;;;;;;;4D. The molecular weight excluding hydrogens is 1400 g/mol. The monoisotopic (exact) mass is 1530 g/mol. The van der Waals surface area contributed by atoms with Crippen molar-refractivity contribution in [1.82, 2.24) is 0 Å². The minimum Gasteiger partial charge on any atom is -0.171 e. The van der Waals surface area contributed by atoms with Gasteiger partial charge in [0.25, 0.3) is 0 Å². The summed E-state index contributed by atoms with van der Waals surface area (Å²) < 4.78 is 353. The molecule has 0 aliphatic heterocycles. The highest BCUT2D eigenvalue weighted by Crippen LogP contribution is 2.49. The molecule has 620 valence electrons. The van der Waals surface area contributed by atoms with Crippen LogP contribution in [-0.2, 0) is 0 Å². The molecule has 0 fully saturated rings. The van der Waals surface area contributed by atoms with Crippen molar-refractivity contribution in [2.24, 2.45) is 69.5 Å². The summed E-state index contributed by atoms with van der Waals surface area (Å²) in [5.41, 5.74) is -4.65. The Morgan fingerprint density at radius 1 is 0.293 bits per heavy atom. The Bertz CT molecular complexity index is 1630. The van der Waals surface area contributed by atoms with E-state index < -0.39 is 122 Å². The van der Waals surface area contributed by atoms with Crippen LogP contribution in [0, 0.1) is 69.5 Å². The van der Waals surface area contributed by atoms with Gasteiger partial charge in [-0.25, -0.2) is 0 Å². The van der Waals surface area contributed by atoms with Crippen molar-refractivity contribution in [3.8, 4) is 0 Å². The summed E-state index contributed by atoms with van der Waals surface area (Å²) in [7, 11) is 0. The van der Waals surface area contributed by atoms with E-state index in [1.165, 1.54) is 65.7 Å². The van der Waals surface area contributed by atoms with Crippen molar-refractivity contribution < 1.29 is 133 Å². The second-order valence-corrected chi connectivity index (χ2v) is 28.2. The van der Waals surface area contributed by atoms with Crippen LogP contribution in [0.2, 0.25) is 0 Å². The molecule has 0 aromatic rings. The highest BCUT2D eigenvalue weighted by molar-refractivity contribution is 4.84. The van der Waals surface area contributed by atoms with E-state index in [1.807, 2.05) is 27.7 Å². The first-order valence-corrected chi connectivity index (χ1v) is 33.4. The third-order valence-electron chi connectivity index (χ3n) is 12.7. The molecule has 0 radical (unpaired) electrons. The molecular formula is C69H134F30. The Morgan fingerprint density at radius 3 is 0.616 bits per heavy atom. The van der Waals surface area contributed by atoms with Crippen LogP contribution in [0.15, 0.2) is 0 Å². The van der Waals surface area contributed by atoms with Gasteiger partial charge in [-0.05, 0) is 74.5 Å². The van der Waals surface area contributed by atoms with Crippen LogP contribution in [0.5, 0.6) is 0 Å². The first-order valence-electron chi connectivity index (χ1n) is 33.9. The Balaban J connectivity index is -0.0000000754. The minimum absolute atomic E-state index is 0.104. The number of alkyl halides is 30. The molecule has 0 aliphatic rings. The van der Waals surface area contributed by atoms with E-state index in [1.54, 1.807) is 0 Å². The fourth-order valence-electron chi connectivity index (χ4n) is 3.24. The zero-order valence-corrected chi connectivity index (χ0v) is 65.3. The van der Waals surface area contributed by atoms with Crippen molar-refractivity contribution in [3.63, 3.8) is 0 Å². The fourth-order valence-corrected chi connectivity index (χ4v) is 3.24. The molecule has 2 atom stereocenters. The number of unbranched alkanes of at least 4 members (excludes halogenated alkanes) is 4. The van der Waals surface area contributed by atoms with Crippen LogP contribution < -0.4 is 0 Å². The van der Waals surface area contributed by atoms with Crippen LogP contribution in [0.25, 0.3) is 0 Å². The molecule has 0 amide bonds. The van der Waals surface area contributed by atoms with E-state index in [0.717, 1.165) is 71.6 Å². The molecule has 0 heterocycles. The van der Waals surface area contributed by atoms with Gasteiger partial charge in [0.1, 0.15) is 0 Å². The lowest BCUT2D eigenvalue weighted by Gasteiger charge is -2.29. The maximum atomic E-state index is 11.7. The first kappa shape index (κ1) is 124. The molecule has 0 nitrogen and oxygen atoms in total. The predicted octanol–water partition coefficient (Wildman–Crippen LogP) is 33.8. The highest BCUT2D eigenvalue weighted by Gasteiger charge is 2.64. The molecule has 99 heavy (non-hydrogen) atoms. The summed E-state index contributed by atoms with van der Waals surface area (Å²) in [5.74, 6) is -4.18. The van der Waals surface area contributed by atoms with Gasteiger partial charge in [0.15, 0.2) is 11.3 Å². The lowest BCUT2D eigenvalue weighted by atomic mass is 9.92. The van der Waals surface area contributed by atoms with Crippen molar-refractivity contribution in [1.29, 1.82) is 0 Å². The molecule has 0 saturated carbocycles. The first-order chi connectivity index (χ1) is 43.2. The van der Waals surface area contributed by atoms with Crippen molar-refractivity contribution in [2.45, 2.75) is 379 Å². The number of rotatable bonds is 14. The zero-order valence-electron chi connectivity index (χ0n) is 66.3. The maximum absolute atomic E-state index is 11.7. The van der Waals surface area contributed by atoms with Gasteiger partial charge in [-0.15, -0.1) is 0 Å². The van der Waals surface area contributed by atoms with E-state index in [4.69, 9.17) is 1.37 Å². The summed E-state index contributed by atoms with van der Waals surface area (Å²) in [5, 5.41) is 0. The van der Waals surface area contributed by atoms with Gasteiger partial charge in [0, 0.05) is 20.1 Å².